The van der Waals surface area contributed by atoms with Gasteiger partial charge in [-0.2, -0.15) is 0 Å². The first kappa shape index (κ1) is 23.4. The molecule has 2 unspecified atom stereocenters. The van der Waals surface area contributed by atoms with Crippen LogP contribution >= 0.6 is 0 Å². The zero-order valence-electron chi connectivity index (χ0n) is 22.5. The van der Waals surface area contributed by atoms with Gasteiger partial charge in [0.2, 0.25) is 0 Å². The zero-order chi connectivity index (χ0) is 24.5. The highest BCUT2D eigenvalue weighted by Gasteiger charge is 2.58. The van der Waals surface area contributed by atoms with Gasteiger partial charge in [-0.3, -0.25) is 0 Å². The zero-order valence-corrected chi connectivity index (χ0v) is 22.5. The lowest BCUT2D eigenvalue weighted by atomic mass is 9.46. The fourth-order valence-corrected chi connectivity index (χ4v) is 8.73. The third kappa shape index (κ3) is 3.89. The molecular formula is C32H44N2O. The van der Waals surface area contributed by atoms with Gasteiger partial charge in [0.05, 0.1) is 12.3 Å². The van der Waals surface area contributed by atoms with Crippen LogP contribution in [-0.2, 0) is 5.41 Å². The van der Waals surface area contributed by atoms with Crippen LogP contribution in [0.25, 0.3) is 0 Å². The third-order valence-corrected chi connectivity index (χ3v) is 9.74. The van der Waals surface area contributed by atoms with Crippen molar-refractivity contribution >= 4 is 11.4 Å². The SMILES string of the molecule is Cc1ccc(C23CC4CC(CC(O)(C4)C2)C3)c(N2CCN(c3c(C(C)C)cccc3C(C)C)C2)c1. The molecule has 0 aromatic heterocycles. The molecule has 5 fully saturated rings. The average molecular weight is 473 g/mol. The van der Waals surface area contributed by atoms with Crippen molar-refractivity contribution < 1.29 is 5.11 Å². The average Bonchev–Trinajstić information content (AvgIpc) is 3.26. The number of nitrogens with zero attached hydrogens (tertiary/aromatic N) is 2. The van der Waals surface area contributed by atoms with Crippen molar-refractivity contribution in [2.75, 3.05) is 29.6 Å². The lowest BCUT2D eigenvalue weighted by molar-refractivity contribution is -0.136. The molecule has 2 atom stereocenters. The normalized spacial score (nSPS) is 31.9. The lowest BCUT2D eigenvalue weighted by Crippen LogP contribution is -2.57. The van der Waals surface area contributed by atoms with Gasteiger partial charge in [0.25, 0.3) is 0 Å². The van der Waals surface area contributed by atoms with Gasteiger partial charge >= 0.3 is 0 Å². The molecule has 4 saturated carbocycles. The predicted molar refractivity (Wildman–Crippen MR) is 147 cm³/mol. The van der Waals surface area contributed by atoms with Crippen LogP contribution in [0.2, 0.25) is 0 Å². The minimum atomic E-state index is -0.425. The van der Waals surface area contributed by atoms with E-state index in [-0.39, 0.29) is 5.41 Å². The predicted octanol–water partition coefficient (Wildman–Crippen LogP) is 7.11. The van der Waals surface area contributed by atoms with Crippen molar-refractivity contribution in [3.8, 4) is 0 Å². The smallest absolute Gasteiger partial charge is 0.0904 e. The highest BCUT2D eigenvalue weighted by atomic mass is 16.3. The minimum absolute atomic E-state index is 0.161. The summed E-state index contributed by atoms with van der Waals surface area (Å²) in [7, 11) is 0. The van der Waals surface area contributed by atoms with E-state index in [9.17, 15) is 5.11 Å². The molecule has 0 amide bonds. The molecule has 7 rings (SSSR count). The highest BCUT2D eigenvalue weighted by molar-refractivity contribution is 5.67. The van der Waals surface area contributed by atoms with E-state index in [1.807, 2.05) is 0 Å². The summed E-state index contributed by atoms with van der Waals surface area (Å²) in [6.45, 7) is 14.6. The first-order valence-electron chi connectivity index (χ1n) is 14.1. The fraction of sp³-hybridized carbons (Fsp3) is 0.625. The largest absolute Gasteiger partial charge is 0.390 e. The van der Waals surface area contributed by atoms with Gasteiger partial charge < -0.3 is 14.9 Å². The maximum Gasteiger partial charge on any atom is 0.0904 e. The Morgan fingerprint density at radius 3 is 2.09 bits per heavy atom. The first-order chi connectivity index (χ1) is 16.7. The number of hydrogen-bond acceptors (Lipinski definition) is 3. The summed E-state index contributed by atoms with van der Waals surface area (Å²) in [6, 6.07) is 14.1. The fourth-order valence-electron chi connectivity index (χ4n) is 8.73. The number of rotatable bonds is 5. The minimum Gasteiger partial charge on any atom is -0.390 e. The molecule has 0 radical (unpaired) electrons. The summed E-state index contributed by atoms with van der Waals surface area (Å²) in [5, 5.41) is 11.5. The molecule has 5 aliphatic rings. The molecule has 4 aliphatic carbocycles. The van der Waals surface area contributed by atoms with Crippen molar-refractivity contribution in [3.63, 3.8) is 0 Å². The summed E-state index contributed by atoms with van der Waals surface area (Å²) in [5.74, 6) is 2.44. The molecule has 3 nitrogen and oxygen atoms in total. The molecule has 1 aliphatic heterocycles. The van der Waals surface area contributed by atoms with E-state index in [4.69, 9.17) is 0 Å². The molecule has 1 heterocycles. The molecule has 188 valence electrons. The topological polar surface area (TPSA) is 26.7 Å². The number of aliphatic hydroxyl groups is 1. The molecule has 35 heavy (non-hydrogen) atoms. The third-order valence-electron chi connectivity index (χ3n) is 9.74. The Balaban J connectivity index is 1.37. The Morgan fingerprint density at radius 1 is 0.857 bits per heavy atom. The van der Waals surface area contributed by atoms with E-state index in [2.05, 4.69) is 80.8 Å². The van der Waals surface area contributed by atoms with Crippen LogP contribution in [-0.4, -0.2) is 30.5 Å². The lowest BCUT2D eigenvalue weighted by Gasteiger charge is -2.61. The highest BCUT2D eigenvalue weighted by Crippen LogP contribution is 2.63. The summed E-state index contributed by atoms with van der Waals surface area (Å²) in [5.41, 5.74) is 8.47. The summed E-state index contributed by atoms with van der Waals surface area (Å²) < 4.78 is 0. The van der Waals surface area contributed by atoms with Crippen molar-refractivity contribution in [2.24, 2.45) is 11.8 Å². The van der Waals surface area contributed by atoms with E-state index in [0.717, 1.165) is 39.0 Å². The van der Waals surface area contributed by atoms with Crippen LogP contribution in [0.5, 0.6) is 0 Å². The Kier molecular flexibility index (Phi) is 5.53. The number of aryl methyl sites for hydroxylation is 1. The Morgan fingerprint density at radius 2 is 1.49 bits per heavy atom. The quantitative estimate of drug-likeness (QED) is 0.502. The van der Waals surface area contributed by atoms with Crippen LogP contribution in [0, 0.1) is 18.8 Å². The van der Waals surface area contributed by atoms with Crippen LogP contribution in [0.15, 0.2) is 36.4 Å². The van der Waals surface area contributed by atoms with Crippen LogP contribution < -0.4 is 9.80 Å². The molecule has 2 aromatic carbocycles. The van der Waals surface area contributed by atoms with E-state index in [1.54, 1.807) is 0 Å². The number of anilines is 2. The van der Waals surface area contributed by atoms with Gasteiger partial charge in [-0.1, -0.05) is 58.0 Å². The number of benzene rings is 2. The molecule has 3 heteroatoms. The summed E-state index contributed by atoms with van der Waals surface area (Å²) >= 11 is 0. The van der Waals surface area contributed by atoms with E-state index in [0.29, 0.717) is 23.7 Å². The standard InChI is InChI=1S/C32H44N2O/c1-21(2)26-7-6-8-27(22(3)4)30(26)34-12-11-33(20-34)29-13-23(5)9-10-28(29)31-15-24-14-25(16-31)18-32(35,17-24)19-31/h6-10,13,21-22,24-25,35H,11-12,14-20H2,1-5H3. The van der Waals surface area contributed by atoms with Crippen LogP contribution in [0.3, 0.4) is 0 Å². The Hall–Kier alpha value is -2.00. The van der Waals surface area contributed by atoms with E-state index in [1.165, 1.54) is 52.9 Å². The second-order valence-corrected chi connectivity index (χ2v) is 13.2. The second-order valence-electron chi connectivity index (χ2n) is 13.2. The monoisotopic (exact) mass is 472 g/mol. The van der Waals surface area contributed by atoms with Crippen molar-refractivity contribution in [1.29, 1.82) is 0 Å². The van der Waals surface area contributed by atoms with Crippen LogP contribution in [0.4, 0.5) is 11.4 Å². The molecule has 1 saturated heterocycles. The molecule has 4 bridgehead atoms. The first-order valence-corrected chi connectivity index (χ1v) is 14.1. The van der Waals surface area contributed by atoms with Gasteiger partial charge in [0.1, 0.15) is 0 Å². The Bertz CT molecular complexity index is 1080. The van der Waals surface area contributed by atoms with Gasteiger partial charge in [0, 0.05) is 29.9 Å². The van der Waals surface area contributed by atoms with Gasteiger partial charge in [-0.15, -0.1) is 0 Å². The van der Waals surface area contributed by atoms with Gasteiger partial charge in [0.15, 0.2) is 0 Å². The van der Waals surface area contributed by atoms with E-state index < -0.39 is 5.60 Å². The molecule has 1 N–H and O–H groups in total. The number of hydrogen-bond donors (Lipinski definition) is 1. The second kappa shape index (κ2) is 8.26. The molecule has 0 spiro atoms. The van der Waals surface area contributed by atoms with Crippen molar-refractivity contribution in [3.05, 3.63) is 58.7 Å². The van der Waals surface area contributed by atoms with Gasteiger partial charge in [-0.25, -0.2) is 0 Å². The summed E-state index contributed by atoms with van der Waals surface area (Å²) in [6.07, 6.45) is 6.92. The van der Waals surface area contributed by atoms with Crippen LogP contribution in [0.1, 0.15) is 100 Å². The van der Waals surface area contributed by atoms with Crippen molar-refractivity contribution in [2.45, 2.75) is 96.0 Å². The maximum atomic E-state index is 11.5. The number of para-hydroxylation sites is 1. The van der Waals surface area contributed by atoms with Crippen molar-refractivity contribution in [1.82, 2.24) is 0 Å². The Labute approximate surface area is 212 Å². The molecular weight excluding hydrogens is 428 g/mol. The van der Waals surface area contributed by atoms with Gasteiger partial charge in [-0.05, 0) is 97.4 Å². The van der Waals surface area contributed by atoms with E-state index >= 15 is 0 Å². The molecule has 2 aromatic rings. The maximum absolute atomic E-state index is 11.5. The summed E-state index contributed by atoms with van der Waals surface area (Å²) in [4.78, 5) is 5.29.